The lowest BCUT2D eigenvalue weighted by Gasteiger charge is -2.34. The van der Waals surface area contributed by atoms with E-state index in [-0.39, 0.29) is 36.0 Å². The van der Waals surface area contributed by atoms with Gasteiger partial charge in [-0.05, 0) is 31.4 Å². The summed E-state index contributed by atoms with van der Waals surface area (Å²) in [7, 11) is -4.09. The Kier molecular flexibility index (Phi) is 4.27. The molecule has 0 aliphatic carbocycles. The summed E-state index contributed by atoms with van der Waals surface area (Å²) in [6, 6.07) is 2.91. The van der Waals surface area contributed by atoms with Gasteiger partial charge < -0.3 is 9.84 Å². The van der Waals surface area contributed by atoms with E-state index in [2.05, 4.69) is 0 Å². The van der Waals surface area contributed by atoms with Crippen LogP contribution < -0.4 is 0 Å². The Balaban J connectivity index is 2.63. The molecule has 1 aliphatic heterocycles. The number of aromatic hydroxyl groups is 1. The molecule has 2 rings (SSSR count). The molecule has 1 N–H and O–H groups in total. The number of rotatable bonds is 3. The van der Waals surface area contributed by atoms with Gasteiger partial charge in [0, 0.05) is 13.2 Å². The first-order valence-corrected chi connectivity index (χ1v) is 8.08. The molecule has 0 aromatic heterocycles. The monoisotopic (exact) mass is 322 g/mol. The molecule has 1 aliphatic rings. The standard InChI is InChI=1S/C13H16ClFO4S/c1-9-2-3-10(14)12(11(9)16)20(17,18)13(8-15)4-6-19-7-5-13/h2-3,16H,4-8H2,1H3. The number of benzene rings is 1. The molecule has 0 saturated carbocycles. The summed E-state index contributed by atoms with van der Waals surface area (Å²) in [6.07, 6.45) is 0.102. The summed E-state index contributed by atoms with van der Waals surface area (Å²) < 4.78 is 42.7. The lowest BCUT2D eigenvalue weighted by molar-refractivity contribution is 0.0674. The predicted molar refractivity (Wildman–Crippen MR) is 73.8 cm³/mol. The second-order valence-electron chi connectivity index (χ2n) is 4.97. The van der Waals surface area contributed by atoms with E-state index in [9.17, 15) is 17.9 Å². The van der Waals surface area contributed by atoms with Crippen molar-refractivity contribution < 1.29 is 22.7 Å². The van der Waals surface area contributed by atoms with Gasteiger partial charge in [-0.2, -0.15) is 0 Å². The first-order chi connectivity index (χ1) is 9.35. The van der Waals surface area contributed by atoms with E-state index in [0.717, 1.165) is 0 Å². The molecular weight excluding hydrogens is 307 g/mol. The summed E-state index contributed by atoms with van der Waals surface area (Å²) in [4.78, 5) is -0.376. The molecular formula is C13H16ClFO4S. The van der Waals surface area contributed by atoms with Gasteiger partial charge >= 0.3 is 0 Å². The zero-order chi connectivity index (χ0) is 15.0. The largest absolute Gasteiger partial charge is 0.506 e. The molecule has 0 spiro atoms. The van der Waals surface area contributed by atoms with E-state index in [1.54, 1.807) is 6.92 Å². The van der Waals surface area contributed by atoms with E-state index in [1.807, 2.05) is 0 Å². The molecule has 0 bridgehead atoms. The van der Waals surface area contributed by atoms with Crippen molar-refractivity contribution in [1.82, 2.24) is 0 Å². The van der Waals surface area contributed by atoms with Crippen LogP contribution in [0.25, 0.3) is 0 Å². The molecule has 1 saturated heterocycles. The maximum absolute atomic E-state index is 13.5. The van der Waals surface area contributed by atoms with Gasteiger partial charge in [-0.1, -0.05) is 17.7 Å². The fraction of sp³-hybridized carbons (Fsp3) is 0.538. The molecule has 1 aromatic rings. The van der Waals surface area contributed by atoms with Crippen molar-refractivity contribution in [2.75, 3.05) is 19.9 Å². The highest BCUT2D eigenvalue weighted by molar-refractivity contribution is 7.93. The van der Waals surface area contributed by atoms with Crippen LogP contribution in [-0.4, -0.2) is 38.2 Å². The number of phenolic OH excluding ortho intramolecular Hbond substituents is 1. The van der Waals surface area contributed by atoms with Crippen LogP contribution in [0.3, 0.4) is 0 Å². The van der Waals surface area contributed by atoms with Gasteiger partial charge in [0.25, 0.3) is 0 Å². The topological polar surface area (TPSA) is 63.6 Å². The third-order valence-electron chi connectivity index (χ3n) is 3.77. The Morgan fingerprint density at radius 1 is 1.40 bits per heavy atom. The van der Waals surface area contributed by atoms with Gasteiger partial charge in [0.1, 0.15) is 22.1 Å². The van der Waals surface area contributed by atoms with Gasteiger partial charge in [0.2, 0.25) is 0 Å². The maximum Gasteiger partial charge on any atom is 0.191 e. The highest BCUT2D eigenvalue weighted by atomic mass is 35.5. The van der Waals surface area contributed by atoms with Crippen molar-refractivity contribution in [3.63, 3.8) is 0 Å². The van der Waals surface area contributed by atoms with Crippen LogP contribution in [0.2, 0.25) is 5.02 Å². The second kappa shape index (κ2) is 5.50. The minimum Gasteiger partial charge on any atom is -0.506 e. The van der Waals surface area contributed by atoms with Crippen LogP contribution in [0.5, 0.6) is 5.75 Å². The molecule has 0 radical (unpaired) electrons. The smallest absolute Gasteiger partial charge is 0.191 e. The molecule has 4 nitrogen and oxygen atoms in total. The molecule has 20 heavy (non-hydrogen) atoms. The third-order valence-corrected chi connectivity index (χ3v) is 6.81. The second-order valence-corrected chi connectivity index (χ2v) is 7.66. The van der Waals surface area contributed by atoms with E-state index >= 15 is 0 Å². The van der Waals surface area contributed by atoms with Gasteiger partial charge in [0.05, 0.1) is 5.02 Å². The van der Waals surface area contributed by atoms with Crippen LogP contribution in [0, 0.1) is 6.92 Å². The fourth-order valence-electron chi connectivity index (χ4n) is 2.33. The molecule has 1 fully saturated rings. The highest BCUT2D eigenvalue weighted by Gasteiger charge is 2.48. The SMILES string of the molecule is Cc1ccc(Cl)c(S(=O)(=O)C2(CF)CCOCC2)c1O. The lowest BCUT2D eigenvalue weighted by Crippen LogP contribution is -2.46. The molecule has 1 heterocycles. The quantitative estimate of drug-likeness (QED) is 0.929. The third kappa shape index (κ3) is 2.29. The Hall–Kier alpha value is -0.850. The molecule has 0 amide bonds. The van der Waals surface area contributed by atoms with Gasteiger partial charge in [-0.25, -0.2) is 12.8 Å². The summed E-state index contributed by atoms with van der Waals surface area (Å²) in [5, 5.41) is 9.95. The number of ether oxygens (including phenoxy) is 1. The van der Waals surface area contributed by atoms with Gasteiger partial charge in [-0.3, -0.25) is 0 Å². The zero-order valence-electron chi connectivity index (χ0n) is 11.0. The average molecular weight is 323 g/mol. The Bertz CT molecular complexity index is 609. The summed E-state index contributed by atoms with van der Waals surface area (Å²) in [5.41, 5.74) is 0.383. The van der Waals surface area contributed by atoms with Crippen LogP contribution >= 0.6 is 11.6 Å². The number of alkyl halides is 1. The lowest BCUT2D eigenvalue weighted by atomic mass is 10.0. The Morgan fingerprint density at radius 3 is 2.55 bits per heavy atom. The van der Waals surface area contributed by atoms with Crippen molar-refractivity contribution >= 4 is 21.4 Å². The fourth-order valence-corrected chi connectivity index (χ4v) is 4.81. The van der Waals surface area contributed by atoms with Crippen molar-refractivity contribution in [3.8, 4) is 5.75 Å². The van der Waals surface area contributed by atoms with Crippen LogP contribution in [0.4, 0.5) is 4.39 Å². The number of sulfone groups is 1. The average Bonchev–Trinajstić information content (AvgIpc) is 2.43. The predicted octanol–water partition coefficient (Wildman–Crippen LogP) is 2.65. The zero-order valence-corrected chi connectivity index (χ0v) is 12.6. The first-order valence-electron chi connectivity index (χ1n) is 6.22. The summed E-state index contributed by atoms with van der Waals surface area (Å²) in [5.74, 6) is -0.406. The maximum atomic E-state index is 13.5. The van der Waals surface area contributed by atoms with Gasteiger partial charge in [-0.15, -0.1) is 0 Å². The van der Waals surface area contributed by atoms with Crippen LogP contribution in [-0.2, 0) is 14.6 Å². The number of halogens is 2. The molecule has 7 heteroatoms. The molecule has 0 unspecified atom stereocenters. The highest BCUT2D eigenvalue weighted by Crippen LogP contribution is 2.42. The van der Waals surface area contributed by atoms with E-state index in [4.69, 9.17) is 16.3 Å². The minimum absolute atomic E-state index is 0.0511. The summed E-state index contributed by atoms with van der Waals surface area (Å²) >= 11 is 5.93. The molecule has 1 aromatic carbocycles. The van der Waals surface area contributed by atoms with Crippen molar-refractivity contribution in [1.29, 1.82) is 0 Å². The number of aryl methyl sites for hydroxylation is 1. The molecule has 0 atom stereocenters. The van der Waals surface area contributed by atoms with Crippen molar-refractivity contribution in [2.24, 2.45) is 0 Å². The van der Waals surface area contributed by atoms with Crippen molar-refractivity contribution in [2.45, 2.75) is 29.4 Å². The first kappa shape index (κ1) is 15.5. The number of hydrogen-bond donors (Lipinski definition) is 1. The Morgan fingerprint density at radius 2 is 2.00 bits per heavy atom. The van der Waals surface area contributed by atoms with E-state index in [0.29, 0.717) is 5.56 Å². The number of hydrogen-bond acceptors (Lipinski definition) is 4. The molecule has 112 valence electrons. The normalized spacial score (nSPS) is 18.9. The summed E-state index contributed by atoms with van der Waals surface area (Å²) in [6.45, 7) is 0.889. The van der Waals surface area contributed by atoms with E-state index in [1.165, 1.54) is 12.1 Å². The number of phenols is 1. The van der Waals surface area contributed by atoms with Gasteiger partial charge in [0.15, 0.2) is 9.84 Å². The Labute approximate surface area is 122 Å². The van der Waals surface area contributed by atoms with E-state index < -0.39 is 27.0 Å². The van der Waals surface area contributed by atoms with Crippen LogP contribution in [0.15, 0.2) is 17.0 Å². The minimum atomic E-state index is -4.09. The van der Waals surface area contributed by atoms with Crippen LogP contribution in [0.1, 0.15) is 18.4 Å². The van der Waals surface area contributed by atoms with Crippen molar-refractivity contribution in [3.05, 3.63) is 22.7 Å².